The van der Waals surface area contributed by atoms with E-state index in [0.29, 0.717) is 5.56 Å². The van der Waals surface area contributed by atoms with Crippen molar-refractivity contribution in [2.24, 2.45) is 5.73 Å². The maximum atomic E-state index is 11.6. The van der Waals surface area contributed by atoms with Crippen LogP contribution in [0.3, 0.4) is 0 Å². The van der Waals surface area contributed by atoms with E-state index in [4.69, 9.17) is 10.8 Å². The molecule has 0 saturated heterocycles. The maximum absolute atomic E-state index is 11.6. The fraction of sp³-hybridized carbons (Fsp3) is 0.273. The summed E-state index contributed by atoms with van der Waals surface area (Å²) in [6.45, 7) is 1.39. The predicted molar refractivity (Wildman–Crippen MR) is 58.6 cm³/mol. The molecular weight excluding hydrogens is 208 g/mol. The minimum atomic E-state index is -1.09. The van der Waals surface area contributed by atoms with Gasteiger partial charge in [0.25, 0.3) is 0 Å². The Morgan fingerprint density at radius 1 is 1.31 bits per heavy atom. The molecule has 2 atom stereocenters. The number of nitrogens with one attached hydrogen (secondary N) is 1. The van der Waals surface area contributed by atoms with E-state index in [1.54, 1.807) is 24.3 Å². The quantitative estimate of drug-likeness (QED) is 0.682. The molecule has 5 heteroatoms. The zero-order valence-electron chi connectivity index (χ0n) is 8.88. The van der Waals surface area contributed by atoms with Gasteiger partial charge in [0.2, 0.25) is 5.91 Å². The summed E-state index contributed by atoms with van der Waals surface area (Å²) in [6.07, 6.45) is 0. The van der Waals surface area contributed by atoms with Crippen LogP contribution in [0.15, 0.2) is 30.3 Å². The van der Waals surface area contributed by atoms with Gasteiger partial charge in [-0.3, -0.25) is 9.59 Å². The molecule has 0 aliphatic rings. The maximum Gasteiger partial charge on any atom is 0.325 e. The van der Waals surface area contributed by atoms with Crippen molar-refractivity contribution in [3.8, 4) is 0 Å². The lowest BCUT2D eigenvalue weighted by Crippen LogP contribution is -2.43. The van der Waals surface area contributed by atoms with Gasteiger partial charge in [0, 0.05) is 0 Å². The lowest BCUT2D eigenvalue weighted by Gasteiger charge is -2.14. The number of benzene rings is 1. The molecule has 0 aliphatic heterocycles. The number of carboxylic acids is 1. The molecule has 0 aromatic heterocycles. The second-order valence-corrected chi connectivity index (χ2v) is 3.46. The zero-order chi connectivity index (χ0) is 12.1. The summed E-state index contributed by atoms with van der Waals surface area (Å²) in [5.41, 5.74) is 6.33. The van der Waals surface area contributed by atoms with Crippen molar-refractivity contribution in [3.05, 3.63) is 35.9 Å². The van der Waals surface area contributed by atoms with Gasteiger partial charge in [0.1, 0.15) is 12.1 Å². The first-order valence-electron chi connectivity index (χ1n) is 4.86. The molecular formula is C11H14N2O3. The third-order valence-electron chi connectivity index (χ3n) is 2.17. The van der Waals surface area contributed by atoms with E-state index in [1.165, 1.54) is 6.92 Å². The minimum Gasteiger partial charge on any atom is -0.480 e. The van der Waals surface area contributed by atoms with Gasteiger partial charge < -0.3 is 16.2 Å². The smallest absolute Gasteiger partial charge is 0.325 e. The van der Waals surface area contributed by atoms with Crippen LogP contribution >= 0.6 is 0 Å². The van der Waals surface area contributed by atoms with Crippen molar-refractivity contribution in [2.45, 2.75) is 19.0 Å². The summed E-state index contributed by atoms with van der Waals surface area (Å²) in [6, 6.07) is 7.00. The van der Waals surface area contributed by atoms with Gasteiger partial charge in [-0.05, 0) is 12.5 Å². The molecule has 1 amide bonds. The molecule has 0 radical (unpaired) electrons. The Balaban J connectivity index is 2.65. The topological polar surface area (TPSA) is 92.4 Å². The summed E-state index contributed by atoms with van der Waals surface area (Å²) >= 11 is 0. The van der Waals surface area contributed by atoms with E-state index < -0.39 is 24.0 Å². The highest BCUT2D eigenvalue weighted by Crippen LogP contribution is 2.09. The van der Waals surface area contributed by atoms with Gasteiger partial charge >= 0.3 is 5.97 Å². The van der Waals surface area contributed by atoms with E-state index in [2.05, 4.69) is 5.32 Å². The summed E-state index contributed by atoms with van der Waals surface area (Å²) in [5.74, 6) is -1.59. The SMILES string of the molecule is C[C@H](NC(=O)C(N)c1ccccc1)C(=O)O. The Bertz CT molecular complexity index is 378. The molecule has 86 valence electrons. The van der Waals surface area contributed by atoms with Crippen molar-refractivity contribution in [3.63, 3.8) is 0 Å². The van der Waals surface area contributed by atoms with E-state index in [-0.39, 0.29) is 0 Å². The normalized spacial score (nSPS) is 13.9. The van der Waals surface area contributed by atoms with Gasteiger partial charge in [0.15, 0.2) is 0 Å². The highest BCUT2D eigenvalue weighted by atomic mass is 16.4. The monoisotopic (exact) mass is 222 g/mol. The number of amides is 1. The number of hydrogen-bond acceptors (Lipinski definition) is 3. The molecule has 0 aliphatic carbocycles. The van der Waals surface area contributed by atoms with Crippen molar-refractivity contribution in [1.82, 2.24) is 5.32 Å². The number of rotatable bonds is 4. The standard InChI is InChI=1S/C11H14N2O3/c1-7(11(15)16)13-10(14)9(12)8-5-3-2-4-6-8/h2-7,9H,12H2,1H3,(H,13,14)(H,15,16)/t7-,9?/m0/s1. The van der Waals surface area contributed by atoms with Crippen LogP contribution in [0.5, 0.6) is 0 Å². The van der Waals surface area contributed by atoms with E-state index in [9.17, 15) is 9.59 Å². The largest absolute Gasteiger partial charge is 0.480 e. The molecule has 0 fully saturated rings. The van der Waals surface area contributed by atoms with E-state index in [0.717, 1.165) is 0 Å². The second-order valence-electron chi connectivity index (χ2n) is 3.46. The van der Waals surface area contributed by atoms with E-state index in [1.807, 2.05) is 6.07 Å². The van der Waals surface area contributed by atoms with Gasteiger partial charge in [-0.2, -0.15) is 0 Å². The number of nitrogens with two attached hydrogens (primary N) is 1. The van der Waals surface area contributed by atoms with Crippen LogP contribution in [0.2, 0.25) is 0 Å². The molecule has 5 nitrogen and oxygen atoms in total. The molecule has 16 heavy (non-hydrogen) atoms. The van der Waals surface area contributed by atoms with Crippen LogP contribution < -0.4 is 11.1 Å². The average Bonchev–Trinajstić information content (AvgIpc) is 2.28. The summed E-state index contributed by atoms with van der Waals surface area (Å²) in [5, 5.41) is 10.9. The number of aliphatic carboxylic acids is 1. The molecule has 1 rings (SSSR count). The molecule has 1 aromatic rings. The predicted octanol–water partition coefficient (Wildman–Crippen LogP) is 0.276. The molecule has 1 aromatic carbocycles. The average molecular weight is 222 g/mol. The fourth-order valence-electron chi connectivity index (χ4n) is 1.18. The van der Waals surface area contributed by atoms with Gasteiger partial charge in [0.05, 0.1) is 0 Å². The van der Waals surface area contributed by atoms with Crippen LogP contribution in [0, 0.1) is 0 Å². The lowest BCUT2D eigenvalue weighted by molar-refractivity contribution is -0.141. The number of carbonyl (C=O) groups is 2. The van der Waals surface area contributed by atoms with Crippen LogP contribution in [-0.4, -0.2) is 23.0 Å². The van der Waals surface area contributed by atoms with Crippen LogP contribution in [0.1, 0.15) is 18.5 Å². The summed E-state index contributed by atoms with van der Waals surface area (Å²) in [7, 11) is 0. The number of carbonyl (C=O) groups excluding carboxylic acids is 1. The highest BCUT2D eigenvalue weighted by Gasteiger charge is 2.20. The third-order valence-corrected chi connectivity index (χ3v) is 2.17. The third kappa shape index (κ3) is 3.06. The van der Waals surface area contributed by atoms with Crippen molar-refractivity contribution < 1.29 is 14.7 Å². The Morgan fingerprint density at radius 3 is 2.38 bits per heavy atom. The first-order valence-corrected chi connectivity index (χ1v) is 4.86. The van der Waals surface area contributed by atoms with Crippen molar-refractivity contribution in [1.29, 1.82) is 0 Å². The first-order chi connectivity index (χ1) is 7.52. The Labute approximate surface area is 93.3 Å². The minimum absolute atomic E-state index is 0.499. The summed E-state index contributed by atoms with van der Waals surface area (Å²) < 4.78 is 0. The van der Waals surface area contributed by atoms with Crippen molar-refractivity contribution in [2.75, 3.05) is 0 Å². The van der Waals surface area contributed by atoms with Crippen LogP contribution in [0.4, 0.5) is 0 Å². The molecule has 1 unspecified atom stereocenters. The first kappa shape index (κ1) is 12.2. The highest BCUT2D eigenvalue weighted by molar-refractivity contribution is 5.87. The molecule has 0 bridgehead atoms. The van der Waals surface area contributed by atoms with Crippen molar-refractivity contribution >= 4 is 11.9 Å². The van der Waals surface area contributed by atoms with Gasteiger partial charge in [-0.15, -0.1) is 0 Å². The Kier molecular flexibility index (Phi) is 4.02. The lowest BCUT2D eigenvalue weighted by atomic mass is 10.1. The molecule has 0 saturated carbocycles. The number of hydrogen-bond donors (Lipinski definition) is 3. The zero-order valence-corrected chi connectivity index (χ0v) is 8.88. The number of carboxylic acid groups (broad SMARTS) is 1. The second kappa shape index (κ2) is 5.27. The Morgan fingerprint density at radius 2 is 1.88 bits per heavy atom. The summed E-state index contributed by atoms with van der Waals surface area (Å²) in [4.78, 5) is 22.1. The van der Waals surface area contributed by atoms with Crippen LogP contribution in [-0.2, 0) is 9.59 Å². The molecule has 0 spiro atoms. The van der Waals surface area contributed by atoms with Crippen LogP contribution in [0.25, 0.3) is 0 Å². The van der Waals surface area contributed by atoms with Gasteiger partial charge in [-0.25, -0.2) is 0 Å². The fourth-order valence-corrected chi connectivity index (χ4v) is 1.18. The molecule has 0 heterocycles. The van der Waals surface area contributed by atoms with E-state index >= 15 is 0 Å². The van der Waals surface area contributed by atoms with Gasteiger partial charge in [-0.1, -0.05) is 30.3 Å². The molecule has 4 N–H and O–H groups in total. The Hall–Kier alpha value is -1.88.